The number of fused-ring (bicyclic) bond motifs is 5. The molecule has 5 rings (SSSR count). The highest BCUT2D eigenvalue weighted by atomic mass is 35.5. The van der Waals surface area contributed by atoms with Crippen molar-refractivity contribution in [2.45, 2.75) is 37.8 Å². The standard InChI is InChI=1S/C22H25ClN4O2/c1-24-22(29)21-14-9-13(18-3-2-4-20(28)27(18)21)11-26(12-14)19-7-8-25-17-10-15(23)5-6-16(17)19/h5-8,10,13-14,18,21H,2-4,9,11-12H2,1H3,(H,24,29)/t13-,14+,18+,21-/m1/s1. The van der Waals surface area contributed by atoms with Crippen molar-refractivity contribution in [3.8, 4) is 0 Å². The third kappa shape index (κ3) is 3.05. The number of aromatic nitrogens is 1. The van der Waals surface area contributed by atoms with E-state index in [-0.39, 0.29) is 29.8 Å². The molecule has 6 nitrogen and oxygen atoms in total. The SMILES string of the molecule is CNC(=O)[C@H]1[C@H]2C[C@H](CN(c3ccnc4cc(Cl)ccc34)C2)[C@@H]2CCCC(=O)N21. The average Bonchev–Trinajstić information content (AvgIpc) is 2.73. The van der Waals surface area contributed by atoms with Gasteiger partial charge in [0, 0.05) is 60.8 Å². The van der Waals surface area contributed by atoms with Crippen LogP contribution in [0.4, 0.5) is 5.69 Å². The van der Waals surface area contributed by atoms with E-state index in [2.05, 4.69) is 21.3 Å². The number of halogens is 1. The number of nitrogens with one attached hydrogen (secondary N) is 1. The van der Waals surface area contributed by atoms with Crippen LogP contribution in [0, 0.1) is 11.8 Å². The highest BCUT2D eigenvalue weighted by Crippen LogP contribution is 2.43. The molecule has 4 atom stereocenters. The van der Waals surface area contributed by atoms with E-state index in [4.69, 9.17) is 11.6 Å². The number of benzene rings is 1. The minimum atomic E-state index is -0.376. The molecule has 0 aliphatic carbocycles. The lowest BCUT2D eigenvalue weighted by Gasteiger charge is -2.56. The molecule has 3 aliphatic heterocycles. The monoisotopic (exact) mass is 412 g/mol. The number of piperidine rings is 3. The van der Waals surface area contributed by atoms with Crippen LogP contribution in [0.25, 0.3) is 10.9 Å². The van der Waals surface area contributed by atoms with Crippen molar-refractivity contribution < 1.29 is 9.59 Å². The molecule has 2 bridgehead atoms. The molecule has 7 heteroatoms. The maximum atomic E-state index is 12.8. The molecule has 3 fully saturated rings. The fourth-order valence-corrected chi connectivity index (χ4v) is 5.89. The number of likely N-dealkylation sites (N-methyl/N-ethyl adjacent to an activating group) is 1. The Morgan fingerprint density at radius 3 is 2.90 bits per heavy atom. The molecule has 0 spiro atoms. The van der Waals surface area contributed by atoms with E-state index in [0.717, 1.165) is 48.9 Å². The van der Waals surface area contributed by atoms with Gasteiger partial charge in [0.15, 0.2) is 0 Å². The quantitative estimate of drug-likeness (QED) is 0.823. The summed E-state index contributed by atoms with van der Waals surface area (Å²) >= 11 is 6.16. The average molecular weight is 413 g/mol. The van der Waals surface area contributed by atoms with Gasteiger partial charge in [-0.05, 0) is 49.4 Å². The van der Waals surface area contributed by atoms with Crippen LogP contribution in [0.1, 0.15) is 25.7 Å². The van der Waals surface area contributed by atoms with Gasteiger partial charge in [-0.25, -0.2) is 0 Å². The Morgan fingerprint density at radius 2 is 2.07 bits per heavy atom. The molecule has 152 valence electrons. The molecule has 2 amide bonds. The molecule has 3 aliphatic rings. The molecule has 1 aromatic heterocycles. The zero-order valence-corrected chi connectivity index (χ0v) is 17.2. The van der Waals surface area contributed by atoms with Gasteiger partial charge in [0.2, 0.25) is 11.8 Å². The highest BCUT2D eigenvalue weighted by Gasteiger charge is 2.51. The largest absolute Gasteiger partial charge is 0.370 e. The maximum Gasteiger partial charge on any atom is 0.242 e. The number of hydrogen-bond acceptors (Lipinski definition) is 4. The molecule has 1 aromatic carbocycles. The molecule has 29 heavy (non-hydrogen) atoms. The summed E-state index contributed by atoms with van der Waals surface area (Å²) < 4.78 is 0. The van der Waals surface area contributed by atoms with E-state index >= 15 is 0 Å². The third-order valence-corrected chi connectivity index (χ3v) is 7.11. The first kappa shape index (κ1) is 18.7. The lowest BCUT2D eigenvalue weighted by atomic mass is 9.71. The number of hydrogen-bond donors (Lipinski definition) is 1. The number of nitrogens with zero attached hydrogens (tertiary/aromatic N) is 3. The van der Waals surface area contributed by atoms with Crippen LogP contribution in [-0.2, 0) is 9.59 Å². The van der Waals surface area contributed by atoms with Crippen LogP contribution in [-0.4, -0.2) is 53.9 Å². The Labute approximate surface area is 175 Å². The van der Waals surface area contributed by atoms with Gasteiger partial charge in [0.25, 0.3) is 0 Å². The van der Waals surface area contributed by atoms with Gasteiger partial charge in [0.1, 0.15) is 6.04 Å². The minimum absolute atomic E-state index is 0.0399. The van der Waals surface area contributed by atoms with Crippen LogP contribution in [0.3, 0.4) is 0 Å². The fraction of sp³-hybridized carbons (Fsp3) is 0.500. The van der Waals surface area contributed by atoms with E-state index in [0.29, 0.717) is 17.4 Å². The molecule has 0 unspecified atom stereocenters. The summed E-state index contributed by atoms with van der Waals surface area (Å²) in [5.41, 5.74) is 2.01. The van der Waals surface area contributed by atoms with Crippen molar-refractivity contribution in [1.82, 2.24) is 15.2 Å². The second-order valence-electron chi connectivity index (χ2n) is 8.47. The molecular formula is C22H25ClN4O2. The molecular weight excluding hydrogens is 388 g/mol. The summed E-state index contributed by atoms with van der Waals surface area (Å²) in [6.45, 7) is 1.65. The summed E-state index contributed by atoms with van der Waals surface area (Å²) in [7, 11) is 1.67. The maximum absolute atomic E-state index is 12.8. The molecule has 2 aromatic rings. The fourth-order valence-electron chi connectivity index (χ4n) is 5.72. The van der Waals surface area contributed by atoms with Gasteiger partial charge < -0.3 is 15.1 Å². The van der Waals surface area contributed by atoms with Crippen molar-refractivity contribution in [3.05, 3.63) is 35.5 Å². The molecule has 0 radical (unpaired) electrons. The van der Waals surface area contributed by atoms with Gasteiger partial charge >= 0.3 is 0 Å². The van der Waals surface area contributed by atoms with Crippen molar-refractivity contribution in [2.75, 3.05) is 25.0 Å². The number of anilines is 1. The van der Waals surface area contributed by atoms with Crippen LogP contribution in [0.5, 0.6) is 0 Å². The normalized spacial score (nSPS) is 29.0. The number of rotatable bonds is 2. The van der Waals surface area contributed by atoms with Gasteiger partial charge in [-0.2, -0.15) is 0 Å². The summed E-state index contributed by atoms with van der Waals surface area (Å²) in [6, 6.07) is 7.64. The Balaban J connectivity index is 1.54. The van der Waals surface area contributed by atoms with Crippen molar-refractivity contribution in [3.63, 3.8) is 0 Å². The van der Waals surface area contributed by atoms with Crippen LogP contribution >= 0.6 is 11.6 Å². The van der Waals surface area contributed by atoms with Crippen molar-refractivity contribution >= 4 is 40.0 Å². The highest BCUT2D eigenvalue weighted by molar-refractivity contribution is 6.31. The van der Waals surface area contributed by atoms with Crippen LogP contribution in [0.15, 0.2) is 30.5 Å². The Kier molecular flexibility index (Phi) is 4.62. The van der Waals surface area contributed by atoms with Crippen LogP contribution in [0.2, 0.25) is 5.02 Å². The van der Waals surface area contributed by atoms with E-state index < -0.39 is 0 Å². The van der Waals surface area contributed by atoms with Gasteiger partial charge in [-0.3, -0.25) is 14.6 Å². The third-order valence-electron chi connectivity index (χ3n) is 6.88. The Hall–Kier alpha value is -2.34. The molecule has 4 heterocycles. The first-order valence-electron chi connectivity index (χ1n) is 10.4. The first-order chi connectivity index (χ1) is 14.1. The number of amides is 2. The zero-order chi connectivity index (χ0) is 20.1. The Morgan fingerprint density at radius 1 is 1.24 bits per heavy atom. The predicted molar refractivity (Wildman–Crippen MR) is 113 cm³/mol. The van der Waals surface area contributed by atoms with Gasteiger partial charge in [0.05, 0.1) is 5.52 Å². The first-order valence-corrected chi connectivity index (χ1v) is 10.8. The smallest absolute Gasteiger partial charge is 0.242 e. The van der Waals surface area contributed by atoms with E-state index in [9.17, 15) is 9.59 Å². The van der Waals surface area contributed by atoms with E-state index in [1.165, 1.54) is 0 Å². The Bertz CT molecular complexity index is 980. The van der Waals surface area contributed by atoms with Crippen LogP contribution < -0.4 is 10.2 Å². The predicted octanol–water partition coefficient (Wildman–Crippen LogP) is 2.84. The molecule has 0 saturated carbocycles. The van der Waals surface area contributed by atoms with Crippen molar-refractivity contribution in [1.29, 1.82) is 0 Å². The second-order valence-corrected chi connectivity index (χ2v) is 8.91. The topological polar surface area (TPSA) is 65.5 Å². The van der Waals surface area contributed by atoms with Gasteiger partial charge in [-0.1, -0.05) is 11.6 Å². The molecule has 3 saturated heterocycles. The lowest BCUT2D eigenvalue weighted by Crippen LogP contribution is -2.68. The minimum Gasteiger partial charge on any atom is -0.370 e. The van der Waals surface area contributed by atoms with E-state index in [1.807, 2.05) is 29.3 Å². The number of carbonyl (C=O) groups excluding carboxylic acids is 2. The number of pyridine rings is 1. The second kappa shape index (κ2) is 7.17. The summed E-state index contributed by atoms with van der Waals surface area (Å²) in [5.74, 6) is 0.612. The number of carbonyl (C=O) groups is 2. The van der Waals surface area contributed by atoms with Gasteiger partial charge in [-0.15, -0.1) is 0 Å². The van der Waals surface area contributed by atoms with Crippen molar-refractivity contribution in [2.24, 2.45) is 11.8 Å². The molecule has 1 N–H and O–H groups in total. The summed E-state index contributed by atoms with van der Waals surface area (Å²) in [5, 5.41) is 4.55. The summed E-state index contributed by atoms with van der Waals surface area (Å²) in [4.78, 5) is 34.4. The lowest BCUT2D eigenvalue weighted by molar-refractivity contribution is -0.156. The van der Waals surface area contributed by atoms with E-state index in [1.54, 1.807) is 7.05 Å². The zero-order valence-electron chi connectivity index (χ0n) is 16.5. The summed E-state index contributed by atoms with van der Waals surface area (Å²) in [6.07, 6.45) is 5.28.